The fraction of sp³-hybridized carbons (Fsp3) is 0.600. The van der Waals surface area contributed by atoms with Gasteiger partial charge in [-0.1, -0.05) is 0 Å². The average molecular weight is 208 g/mol. The standard InChI is InChI=1S/C10H16N4O/c1-14(2)9-3-4-12-10(13-9)8-7-11-5-6-15-8/h3-4,8,11H,5-7H2,1-2H3/t8-/m1/s1. The van der Waals surface area contributed by atoms with Crippen molar-refractivity contribution in [1.82, 2.24) is 15.3 Å². The molecule has 1 saturated heterocycles. The van der Waals surface area contributed by atoms with E-state index in [4.69, 9.17) is 4.74 Å². The minimum absolute atomic E-state index is 0.0151. The summed E-state index contributed by atoms with van der Waals surface area (Å²) in [6.45, 7) is 2.42. The normalized spacial score (nSPS) is 21.3. The molecule has 5 heteroatoms. The SMILES string of the molecule is CN(C)c1ccnc([C@H]2CNCCO2)n1. The van der Waals surface area contributed by atoms with Crippen LogP contribution in [0.1, 0.15) is 11.9 Å². The van der Waals surface area contributed by atoms with E-state index < -0.39 is 0 Å². The van der Waals surface area contributed by atoms with Crippen molar-refractivity contribution in [3.8, 4) is 0 Å². The zero-order chi connectivity index (χ0) is 10.7. The van der Waals surface area contributed by atoms with Crippen LogP contribution in [0.15, 0.2) is 12.3 Å². The molecule has 0 aliphatic carbocycles. The molecule has 5 nitrogen and oxygen atoms in total. The highest BCUT2D eigenvalue weighted by atomic mass is 16.5. The summed E-state index contributed by atoms with van der Waals surface area (Å²) in [5.74, 6) is 1.67. The summed E-state index contributed by atoms with van der Waals surface area (Å²) < 4.78 is 5.59. The van der Waals surface area contributed by atoms with Crippen LogP contribution in [-0.4, -0.2) is 43.8 Å². The van der Waals surface area contributed by atoms with Gasteiger partial charge in [0.2, 0.25) is 0 Å². The lowest BCUT2D eigenvalue weighted by Crippen LogP contribution is -2.34. The largest absolute Gasteiger partial charge is 0.368 e. The summed E-state index contributed by atoms with van der Waals surface area (Å²) >= 11 is 0. The van der Waals surface area contributed by atoms with Crippen molar-refractivity contribution in [3.05, 3.63) is 18.1 Å². The maximum atomic E-state index is 5.59. The van der Waals surface area contributed by atoms with Crippen molar-refractivity contribution in [2.24, 2.45) is 0 Å². The molecule has 0 unspecified atom stereocenters. The Bertz CT molecular complexity index is 323. The summed E-state index contributed by atoms with van der Waals surface area (Å²) in [6.07, 6.45) is 1.76. The van der Waals surface area contributed by atoms with E-state index in [1.807, 2.05) is 25.1 Å². The first kappa shape index (κ1) is 10.3. The molecule has 0 amide bonds. The lowest BCUT2D eigenvalue weighted by Gasteiger charge is -2.23. The van der Waals surface area contributed by atoms with Crippen LogP contribution in [0.3, 0.4) is 0 Å². The van der Waals surface area contributed by atoms with Crippen molar-refractivity contribution in [2.45, 2.75) is 6.10 Å². The molecule has 0 bridgehead atoms. The van der Waals surface area contributed by atoms with Crippen LogP contribution >= 0.6 is 0 Å². The van der Waals surface area contributed by atoms with Gasteiger partial charge in [0.15, 0.2) is 5.82 Å². The van der Waals surface area contributed by atoms with E-state index >= 15 is 0 Å². The third-order valence-corrected chi connectivity index (χ3v) is 2.33. The third kappa shape index (κ3) is 2.43. The highest BCUT2D eigenvalue weighted by molar-refractivity contribution is 5.35. The Balaban J connectivity index is 2.16. The van der Waals surface area contributed by atoms with Crippen molar-refractivity contribution in [2.75, 3.05) is 38.7 Å². The van der Waals surface area contributed by atoms with Crippen molar-refractivity contribution < 1.29 is 4.74 Å². The zero-order valence-corrected chi connectivity index (χ0v) is 9.10. The topological polar surface area (TPSA) is 50.3 Å². The van der Waals surface area contributed by atoms with Gasteiger partial charge in [0.25, 0.3) is 0 Å². The van der Waals surface area contributed by atoms with Gasteiger partial charge in [-0.05, 0) is 6.07 Å². The molecule has 15 heavy (non-hydrogen) atoms. The van der Waals surface area contributed by atoms with E-state index in [0.29, 0.717) is 0 Å². The van der Waals surface area contributed by atoms with Gasteiger partial charge in [0.1, 0.15) is 11.9 Å². The average Bonchev–Trinajstić information content (AvgIpc) is 2.30. The van der Waals surface area contributed by atoms with Crippen LogP contribution in [0.2, 0.25) is 0 Å². The minimum Gasteiger partial charge on any atom is -0.368 e. The lowest BCUT2D eigenvalue weighted by molar-refractivity contribution is 0.0222. The molecule has 1 atom stereocenters. The molecule has 1 aromatic rings. The number of nitrogens with zero attached hydrogens (tertiary/aromatic N) is 3. The number of hydrogen-bond donors (Lipinski definition) is 1. The number of ether oxygens (including phenoxy) is 1. The molecule has 0 spiro atoms. The summed E-state index contributed by atoms with van der Waals surface area (Å²) in [7, 11) is 3.93. The molecule has 1 fully saturated rings. The fourth-order valence-corrected chi connectivity index (χ4v) is 1.50. The van der Waals surface area contributed by atoms with E-state index in [0.717, 1.165) is 31.3 Å². The number of aromatic nitrogens is 2. The second-order valence-electron chi connectivity index (χ2n) is 3.73. The molecule has 2 heterocycles. The Morgan fingerprint density at radius 3 is 3.07 bits per heavy atom. The molecule has 0 saturated carbocycles. The minimum atomic E-state index is -0.0151. The molecular weight excluding hydrogens is 192 g/mol. The van der Waals surface area contributed by atoms with E-state index in [-0.39, 0.29) is 6.10 Å². The van der Waals surface area contributed by atoms with Gasteiger partial charge in [-0.25, -0.2) is 9.97 Å². The molecule has 1 aromatic heterocycles. The smallest absolute Gasteiger partial charge is 0.160 e. The zero-order valence-electron chi connectivity index (χ0n) is 9.10. The van der Waals surface area contributed by atoms with Gasteiger partial charge in [-0.2, -0.15) is 0 Å². The van der Waals surface area contributed by atoms with E-state index in [1.165, 1.54) is 0 Å². The van der Waals surface area contributed by atoms with Gasteiger partial charge in [-0.15, -0.1) is 0 Å². The Kier molecular flexibility index (Phi) is 3.13. The number of anilines is 1. The summed E-state index contributed by atoms with van der Waals surface area (Å²) in [6, 6.07) is 1.89. The van der Waals surface area contributed by atoms with E-state index in [1.54, 1.807) is 6.20 Å². The highest BCUT2D eigenvalue weighted by Gasteiger charge is 2.18. The second kappa shape index (κ2) is 4.55. The molecule has 2 rings (SSSR count). The maximum absolute atomic E-state index is 5.59. The van der Waals surface area contributed by atoms with Crippen LogP contribution in [0.25, 0.3) is 0 Å². The monoisotopic (exact) mass is 208 g/mol. The first-order valence-corrected chi connectivity index (χ1v) is 5.10. The summed E-state index contributed by atoms with van der Waals surface area (Å²) in [4.78, 5) is 10.6. The molecular formula is C10H16N4O. The maximum Gasteiger partial charge on any atom is 0.160 e. The number of nitrogens with one attached hydrogen (secondary N) is 1. The Labute approximate surface area is 89.5 Å². The first-order chi connectivity index (χ1) is 7.27. The quantitative estimate of drug-likeness (QED) is 0.752. The van der Waals surface area contributed by atoms with Crippen molar-refractivity contribution in [3.63, 3.8) is 0 Å². The number of rotatable bonds is 2. The molecule has 1 aliphatic rings. The molecule has 82 valence electrons. The van der Waals surface area contributed by atoms with E-state index in [2.05, 4.69) is 15.3 Å². The molecule has 1 N–H and O–H groups in total. The molecule has 0 aromatic carbocycles. The summed E-state index contributed by atoms with van der Waals surface area (Å²) in [5.41, 5.74) is 0. The first-order valence-electron chi connectivity index (χ1n) is 5.10. The predicted molar refractivity (Wildman–Crippen MR) is 57.9 cm³/mol. The van der Waals surface area contributed by atoms with Gasteiger partial charge in [0, 0.05) is 33.4 Å². The lowest BCUT2D eigenvalue weighted by atomic mass is 10.3. The van der Waals surface area contributed by atoms with Gasteiger partial charge >= 0.3 is 0 Å². The number of morpholine rings is 1. The molecule has 1 aliphatic heterocycles. The van der Waals surface area contributed by atoms with Crippen LogP contribution in [0.4, 0.5) is 5.82 Å². The van der Waals surface area contributed by atoms with Crippen LogP contribution in [0.5, 0.6) is 0 Å². The summed E-state index contributed by atoms with van der Waals surface area (Å²) in [5, 5.41) is 3.26. The van der Waals surface area contributed by atoms with Crippen LogP contribution in [0, 0.1) is 0 Å². The number of hydrogen-bond acceptors (Lipinski definition) is 5. The Morgan fingerprint density at radius 2 is 2.40 bits per heavy atom. The van der Waals surface area contributed by atoms with Gasteiger partial charge < -0.3 is 15.0 Å². The van der Waals surface area contributed by atoms with Crippen LogP contribution in [-0.2, 0) is 4.74 Å². The Hall–Kier alpha value is -1.20. The fourth-order valence-electron chi connectivity index (χ4n) is 1.50. The Morgan fingerprint density at radius 1 is 1.53 bits per heavy atom. The highest BCUT2D eigenvalue weighted by Crippen LogP contribution is 2.16. The van der Waals surface area contributed by atoms with Crippen molar-refractivity contribution >= 4 is 5.82 Å². The van der Waals surface area contributed by atoms with Gasteiger partial charge in [0.05, 0.1) is 6.61 Å². The van der Waals surface area contributed by atoms with Crippen molar-refractivity contribution in [1.29, 1.82) is 0 Å². The van der Waals surface area contributed by atoms with E-state index in [9.17, 15) is 0 Å². The van der Waals surface area contributed by atoms with Crippen LogP contribution < -0.4 is 10.2 Å². The second-order valence-corrected chi connectivity index (χ2v) is 3.73. The molecule has 0 radical (unpaired) electrons. The van der Waals surface area contributed by atoms with Gasteiger partial charge in [-0.3, -0.25) is 0 Å². The predicted octanol–water partition coefficient (Wildman–Crippen LogP) is 0.203. The third-order valence-electron chi connectivity index (χ3n) is 2.33.